The number of ether oxygens (including phenoxy) is 4. The third-order valence-electron chi connectivity index (χ3n) is 13.4. The minimum Gasteiger partial charge on any atom is -0.394 e. The van der Waals surface area contributed by atoms with E-state index in [9.17, 15) is 45.6 Å². The first-order valence-electron chi connectivity index (χ1n) is 28.2. The summed E-state index contributed by atoms with van der Waals surface area (Å²) in [5, 5.41) is 86.9. The Morgan fingerprint density at radius 3 is 1.53 bits per heavy atom. The van der Waals surface area contributed by atoms with E-state index < -0.39 is 86.8 Å². The molecule has 0 aliphatic carbocycles. The summed E-state index contributed by atoms with van der Waals surface area (Å²) < 4.78 is 22.7. The van der Waals surface area contributed by atoms with Gasteiger partial charge >= 0.3 is 0 Å². The van der Waals surface area contributed by atoms with Crippen LogP contribution in [0.15, 0.2) is 72.9 Å². The van der Waals surface area contributed by atoms with Crippen LogP contribution in [0.3, 0.4) is 0 Å². The van der Waals surface area contributed by atoms with Gasteiger partial charge in [0.25, 0.3) is 0 Å². The molecule has 0 bridgehead atoms. The largest absolute Gasteiger partial charge is 0.394 e. The predicted molar refractivity (Wildman–Crippen MR) is 286 cm³/mol. The Morgan fingerprint density at radius 1 is 0.514 bits per heavy atom. The van der Waals surface area contributed by atoms with Crippen molar-refractivity contribution in [2.45, 2.75) is 267 Å². The van der Waals surface area contributed by atoms with Crippen LogP contribution in [-0.2, 0) is 23.7 Å². The summed E-state index contributed by atoms with van der Waals surface area (Å²) in [5.74, 6) is -0.257. The second-order valence-electron chi connectivity index (χ2n) is 19.7. The molecule has 12 unspecified atom stereocenters. The molecule has 2 aliphatic heterocycles. The van der Waals surface area contributed by atoms with Crippen LogP contribution in [0.1, 0.15) is 194 Å². The smallest absolute Gasteiger partial charge is 0.220 e. The lowest BCUT2D eigenvalue weighted by Gasteiger charge is -2.46. The van der Waals surface area contributed by atoms with E-state index in [0.717, 1.165) is 64.2 Å². The Hall–Kier alpha value is -2.57. The minimum absolute atomic E-state index is 0.257. The zero-order valence-corrected chi connectivity index (χ0v) is 44.4. The molecule has 2 heterocycles. The number of rotatable bonds is 43. The highest BCUT2D eigenvalue weighted by Gasteiger charge is 2.51. The van der Waals surface area contributed by atoms with Gasteiger partial charge in [-0.3, -0.25) is 4.79 Å². The lowest BCUT2D eigenvalue weighted by atomic mass is 9.97. The first-order chi connectivity index (χ1) is 35.1. The first kappa shape index (κ1) is 65.5. The summed E-state index contributed by atoms with van der Waals surface area (Å²) in [6, 6.07) is -0.937. The van der Waals surface area contributed by atoms with Crippen LogP contribution in [0.5, 0.6) is 0 Å². The fraction of sp³-hybridized carbons (Fsp3) is 0.776. The molecule has 2 saturated heterocycles. The molecule has 416 valence electrons. The second kappa shape index (κ2) is 43.6. The van der Waals surface area contributed by atoms with Gasteiger partial charge in [-0.15, -0.1) is 0 Å². The van der Waals surface area contributed by atoms with Gasteiger partial charge in [-0.05, 0) is 70.6 Å². The number of aliphatic hydroxyl groups is 8. The number of carbonyl (C=O) groups excluding carboxylic acids is 1. The van der Waals surface area contributed by atoms with Crippen LogP contribution >= 0.6 is 0 Å². The highest BCUT2D eigenvalue weighted by molar-refractivity contribution is 5.76. The van der Waals surface area contributed by atoms with Crippen LogP contribution in [0.4, 0.5) is 0 Å². The normalized spacial score (nSPS) is 26.1. The fourth-order valence-electron chi connectivity index (χ4n) is 8.83. The molecule has 0 aromatic carbocycles. The van der Waals surface area contributed by atoms with Gasteiger partial charge in [0.15, 0.2) is 12.6 Å². The summed E-state index contributed by atoms with van der Waals surface area (Å²) in [4.78, 5) is 13.2. The summed E-state index contributed by atoms with van der Waals surface area (Å²) in [6.07, 6.45) is 39.4. The quantitative estimate of drug-likeness (QED) is 0.0206. The van der Waals surface area contributed by atoms with Crippen molar-refractivity contribution in [3.63, 3.8) is 0 Å². The van der Waals surface area contributed by atoms with Gasteiger partial charge in [-0.1, -0.05) is 189 Å². The molecule has 0 aromatic rings. The third-order valence-corrected chi connectivity index (χ3v) is 13.4. The molecule has 14 nitrogen and oxygen atoms in total. The van der Waals surface area contributed by atoms with Crippen molar-refractivity contribution in [3.8, 4) is 0 Å². The standard InChI is InChI=1S/C58H101NO13/c1-3-5-7-9-11-13-15-17-19-20-21-22-23-24-25-26-28-30-32-34-36-38-40-42-50(63)59-46(47(62)41-39-37-35-33-31-29-27-18-16-14-12-10-8-6-4-2)45-69-57-55(68)53(66)56(49(44-61)71-57)72-58-54(67)52(65)51(64)48(43-60)70-58/h5,7,11,13,17,19,21-22,31,33,39,41,46-49,51-58,60-62,64-68H,3-4,6,8-10,12,14-16,18,20,23-30,32,34-38,40,42-45H2,1-2H3,(H,59,63)/b7-5-,13-11-,19-17-,22-21-,33-31+,41-39+. The van der Waals surface area contributed by atoms with E-state index in [1.165, 1.54) is 96.3 Å². The van der Waals surface area contributed by atoms with Crippen LogP contribution < -0.4 is 5.32 Å². The van der Waals surface area contributed by atoms with Gasteiger partial charge in [0.2, 0.25) is 5.91 Å². The topological polar surface area (TPSA) is 228 Å². The summed E-state index contributed by atoms with van der Waals surface area (Å²) in [7, 11) is 0. The van der Waals surface area contributed by atoms with E-state index in [1.807, 2.05) is 6.08 Å². The molecule has 0 aromatic heterocycles. The highest BCUT2D eigenvalue weighted by Crippen LogP contribution is 2.30. The number of carbonyl (C=O) groups is 1. The maximum absolute atomic E-state index is 13.2. The van der Waals surface area contributed by atoms with E-state index in [0.29, 0.717) is 12.8 Å². The highest BCUT2D eigenvalue weighted by atomic mass is 16.7. The number of nitrogens with one attached hydrogen (secondary N) is 1. The number of aliphatic hydroxyl groups excluding tert-OH is 8. The Balaban J connectivity index is 1.79. The van der Waals surface area contributed by atoms with Crippen molar-refractivity contribution in [2.75, 3.05) is 19.8 Å². The number of allylic oxidation sites excluding steroid dienone is 11. The molecule has 2 rings (SSSR count). The van der Waals surface area contributed by atoms with Gasteiger partial charge in [0.1, 0.15) is 48.8 Å². The van der Waals surface area contributed by atoms with E-state index in [1.54, 1.807) is 6.08 Å². The Kier molecular flexibility index (Phi) is 39.7. The second-order valence-corrected chi connectivity index (χ2v) is 19.7. The average Bonchev–Trinajstić information content (AvgIpc) is 3.38. The lowest BCUT2D eigenvalue weighted by Crippen LogP contribution is -2.65. The summed E-state index contributed by atoms with van der Waals surface area (Å²) >= 11 is 0. The predicted octanol–water partition coefficient (Wildman–Crippen LogP) is 8.77. The average molecular weight is 1020 g/mol. The molecule has 72 heavy (non-hydrogen) atoms. The van der Waals surface area contributed by atoms with Gasteiger partial charge in [-0.25, -0.2) is 0 Å². The molecule has 1 amide bonds. The molecule has 12 atom stereocenters. The van der Waals surface area contributed by atoms with E-state index in [-0.39, 0.29) is 18.9 Å². The van der Waals surface area contributed by atoms with Crippen molar-refractivity contribution in [2.24, 2.45) is 0 Å². The molecule has 0 radical (unpaired) electrons. The van der Waals surface area contributed by atoms with Crippen molar-refractivity contribution in [1.82, 2.24) is 5.32 Å². The Morgan fingerprint density at radius 2 is 0.972 bits per heavy atom. The maximum atomic E-state index is 13.2. The van der Waals surface area contributed by atoms with Crippen molar-refractivity contribution < 1.29 is 64.6 Å². The number of hydrogen-bond acceptors (Lipinski definition) is 13. The van der Waals surface area contributed by atoms with Gasteiger partial charge in [-0.2, -0.15) is 0 Å². The molecule has 2 fully saturated rings. The molecule has 0 spiro atoms. The maximum Gasteiger partial charge on any atom is 0.220 e. The SMILES string of the molecule is CC/C=C\C/C=C\C/C=C\C/C=C\CCCCCCCCCCCCC(=O)NC(COC1OC(CO)C(OC2OC(CO)C(O)C(O)C2O)C(O)C1O)C(O)/C=C/CC/C=C/CCCCCCCCCCC. The molecule has 0 saturated carbocycles. The molecule has 9 N–H and O–H groups in total. The van der Waals surface area contributed by atoms with Gasteiger partial charge in [0.05, 0.1) is 32.0 Å². The monoisotopic (exact) mass is 1020 g/mol. The lowest BCUT2D eigenvalue weighted by molar-refractivity contribution is -0.359. The number of amides is 1. The van der Waals surface area contributed by atoms with Crippen LogP contribution in [0.25, 0.3) is 0 Å². The van der Waals surface area contributed by atoms with Crippen LogP contribution in [-0.4, -0.2) is 140 Å². The van der Waals surface area contributed by atoms with Crippen molar-refractivity contribution in [1.29, 1.82) is 0 Å². The fourth-order valence-corrected chi connectivity index (χ4v) is 8.83. The van der Waals surface area contributed by atoms with Gasteiger partial charge < -0.3 is 65.1 Å². The van der Waals surface area contributed by atoms with E-state index in [2.05, 4.69) is 79.9 Å². The molecular weight excluding hydrogens is 919 g/mol. The van der Waals surface area contributed by atoms with Gasteiger partial charge in [0, 0.05) is 6.42 Å². The first-order valence-corrected chi connectivity index (χ1v) is 28.2. The van der Waals surface area contributed by atoms with E-state index in [4.69, 9.17) is 18.9 Å². The Labute approximate surface area is 434 Å². The number of unbranched alkanes of at least 4 members (excludes halogenated alkanes) is 20. The molecule has 14 heteroatoms. The van der Waals surface area contributed by atoms with E-state index >= 15 is 0 Å². The zero-order valence-electron chi connectivity index (χ0n) is 44.4. The molecule has 2 aliphatic rings. The third kappa shape index (κ3) is 29.5. The van der Waals surface area contributed by atoms with Crippen LogP contribution in [0.2, 0.25) is 0 Å². The zero-order chi connectivity index (χ0) is 52.4. The van der Waals surface area contributed by atoms with Crippen molar-refractivity contribution in [3.05, 3.63) is 72.9 Å². The Bertz CT molecular complexity index is 1480. The van der Waals surface area contributed by atoms with Crippen LogP contribution in [0, 0.1) is 0 Å². The summed E-state index contributed by atoms with van der Waals surface area (Å²) in [6.45, 7) is 2.65. The van der Waals surface area contributed by atoms with Crippen molar-refractivity contribution >= 4 is 5.91 Å². The summed E-state index contributed by atoms with van der Waals surface area (Å²) in [5.41, 5.74) is 0. The molecular formula is C58H101NO13. The minimum atomic E-state index is -1.79. The number of hydrogen-bond donors (Lipinski definition) is 9.